The zero-order chi connectivity index (χ0) is 63.4. The molecule has 1 aromatic rings. The number of rotatable bonds is 19. The number of amides is 12. The number of aliphatic hydroxyl groups is 1. The molecule has 0 spiro atoms. The van der Waals surface area contributed by atoms with E-state index in [-0.39, 0.29) is 75.2 Å². The Morgan fingerprint density at radius 1 is 0.619 bits per heavy atom. The summed E-state index contributed by atoms with van der Waals surface area (Å²) in [6, 6.07) is -15.1. The number of aromatic amines is 1. The Labute approximate surface area is 490 Å². The minimum absolute atomic E-state index is 0.00626. The standard InChI is InChI=1S/C51H85N17O15S/c1-24(2)18-33-43(76)56-16-13-38(71)59-26(5)42(75)68-40(28(7)69)50(83)63-31(11-12-39(72)73)46(79)61-30(10-9-15-57-51(53)54)45(78)62-32(14-17-84-8)44(77)60-27(6)41(74)64-34(19-25(3)4)47(80)66-35(20-29-22-55-23-58-29)48(81)67-36(21-37(52)70)49(82)65-33/h22-28,30-36,40,69H,9-21H2,1-8H3,(H2,52,70)(H,55,58)(H,56,76)(H,59,71)(H,60,77)(H,61,79)(H,62,78)(H,63,83)(H,64,74)(H,65,82)(H,66,80)(H,67,81)(H,68,75)(H,72,73)(H4,53,54,57)/t26-,27-,28+,30-,31-,32-,33-,34-,35-,36-,40-/m0/s1. The maximum Gasteiger partial charge on any atom is 0.303 e. The highest BCUT2D eigenvalue weighted by molar-refractivity contribution is 7.98. The van der Waals surface area contributed by atoms with Crippen molar-refractivity contribution < 1.29 is 72.5 Å². The first-order valence-electron chi connectivity index (χ1n) is 27.4. The molecular weight excluding hydrogens is 1120 g/mol. The van der Waals surface area contributed by atoms with Crippen molar-refractivity contribution >= 4 is 94.6 Å². The molecule has 20 N–H and O–H groups in total. The lowest BCUT2D eigenvalue weighted by molar-refractivity contribution is -0.139. The summed E-state index contributed by atoms with van der Waals surface area (Å²) >= 11 is 1.30. The van der Waals surface area contributed by atoms with Crippen molar-refractivity contribution in [3.05, 3.63) is 18.2 Å². The van der Waals surface area contributed by atoms with E-state index in [2.05, 4.69) is 73.4 Å². The molecule has 2 rings (SSSR count). The van der Waals surface area contributed by atoms with E-state index < -0.39 is 169 Å². The highest BCUT2D eigenvalue weighted by Crippen LogP contribution is 2.12. The number of carbonyl (C=O) groups excluding carboxylic acids is 12. The summed E-state index contributed by atoms with van der Waals surface area (Å²) in [4.78, 5) is 187. The van der Waals surface area contributed by atoms with Crippen molar-refractivity contribution in [2.45, 2.75) is 179 Å². The molecule has 0 aromatic carbocycles. The van der Waals surface area contributed by atoms with Crippen LogP contribution in [0, 0.1) is 11.8 Å². The molecule has 0 bridgehead atoms. The molecule has 0 saturated carbocycles. The Morgan fingerprint density at radius 2 is 1.10 bits per heavy atom. The van der Waals surface area contributed by atoms with E-state index in [4.69, 9.17) is 17.2 Å². The first kappa shape index (κ1) is 72.0. The minimum Gasteiger partial charge on any atom is -0.481 e. The van der Waals surface area contributed by atoms with Gasteiger partial charge in [0.05, 0.1) is 18.9 Å². The number of H-pyrrole nitrogens is 1. The Bertz CT molecular complexity index is 2480. The monoisotopic (exact) mass is 1210 g/mol. The van der Waals surface area contributed by atoms with Crippen LogP contribution in [0.2, 0.25) is 0 Å². The lowest BCUT2D eigenvalue weighted by Gasteiger charge is -2.28. The smallest absolute Gasteiger partial charge is 0.303 e. The number of imidazole rings is 1. The van der Waals surface area contributed by atoms with Crippen LogP contribution in [-0.2, 0) is 68.7 Å². The molecule has 0 unspecified atom stereocenters. The number of aliphatic hydroxyl groups excluding tert-OH is 1. The number of aliphatic imine (C=N–C) groups is 1. The number of primary amides is 1. The number of nitrogens with zero attached hydrogens (tertiary/aromatic N) is 2. The number of carboxylic acids is 1. The van der Waals surface area contributed by atoms with Crippen LogP contribution in [0.4, 0.5) is 0 Å². The fourth-order valence-electron chi connectivity index (χ4n) is 8.24. The molecule has 1 fully saturated rings. The largest absolute Gasteiger partial charge is 0.481 e. The number of carbonyl (C=O) groups is 13. The quantitative estimate of drug-likeness (QED) is 0.0349. The summed E-state index contributed by atoms with van der Waals surface area (Å²) in [5, 5.41) is 47.6. The average Bonchev–Trinajstić information content (AvgIpc) is 3.96. The van der Waals surface area contributed by atoms with E-state index in [9.17, 15) is 72.5 Å². The maximum absolute atomic E-state index is 14.2. The molecule has 11 atom stereocenters. The third-order valence-corrected chi connectivity index (χ3v) is 13.3. The fraction of sp³-hybridized carbons (Fsp3) is 0.667. The van der Waals surface area contributed by atoms with Gasteiger partial charge in [-0.2, -0.15) is 11.8 Å². The number of guanidine groups is 1. The van der Waals surface area contributed by atoms with Crippen LogP contribution in [0.5, 0.6) is 0 Å². The lowest BCUT2D eigenvalue weighted by Crippen LogP contribution is -2.61. The van der Waals surface area contributed by atoms with Crippen LogP contribution < -0.4 is 75.7 Å². The summed E-state index contributed by atoms with van der Waals surface area (Å²) < 4.78 is 0. The van der Waals surface area contributed by atoms with Crippen molar-refractivity contribution in [1.82, 2.24) is 68.5 Å². The first-order chi connectivity index (χ1) is 39.4. The molecule has 12 amide bonds. The summed E-state index contributed by atoms with van der Waals surface area (Å²) in [5.74, 6) is -13.4. The molecule has 1 aromatic heterocycles. The number of hydrogen-bond acceptors (Lipinski definition) is 17. The molecule has 32 nitrogen and oxygen atoms in total. The summed E-state index contributed by atoms with van der Waals surface area (Å²) in [5.41, 5.74) is 16.8. The van der Waals surface area contributed by atoms with Crippen LogP contribution in [-0.4, -0.2) is 195 Å². The lowest BCUT2D eigenvalue weighted by atomic mass is 10.0. The van der Waals surface area contributed by atoms with Gasteiger partial charge < -0.3 is 90.9 Å². The summed E-state index contributed by atoms with van der Waals surface area (Å²) in [6.07, 6.45) is -0.166. The SMILES string of the molecule is CSCC[C@@H]1NC(=O)[C@H](CCCN=C(N)N)NC(=O)[C@H](CCC(=O)O)NC(=O)[C@H]([C@@H](C)O)NC(=O)[C@H](C)NC(=O)CCNC(=O)[C@H](CC(C)C)NC(=O)[C@H](CC(N)=O)NC(=O)[C@H](Cc2cnc[nH]2)NC(=O)[C@H](CC(C)C)NC(=O)[C@H](C)NC1=O. The van der Waals surface area contributed by atoms with Crippen LogP contribution >= 0.6 is 11.8 Å². The zero-order valence-electron chi connectivity index (χ0n) is 48.6. The highest BCUT2D eigenvalue weighted by atomic mass is 32.2. The van der Waals surface area contributed by atoms with Gasteiger partial charge in [0.15, 0.2) is 5.96 Å². The van der Waals surface area contributed by atoms with Crippen LogP contribution in [0.25, 0.3) is 0 Å². The van der Waals surface area contributed by atoms with E-state index in [0.717, 1.165) is 6.92 Å². The van der Waals surface area contributed by atoms with Gasteiger partial charge in [-0.05, 0) is 83.1 Å². The van der Waals surface area contributed by atoms with Crippen molar-refractivity contribution in [2.24, 2.45) is 34.0 Å². The highest BCUT2D eigenvalue weighted by Gasteiger charge is 2.37. The number of nitrogens with two attached hydrogens (primary N) is 3. The molecule has 2 heterocycles. The second kappa shape index (κ2) is 36.5. The first-order valence-corrected chi connectivity index (χ1v) is 28.8. The number of nitrogens with one attached hydrogen (secondary N) is 12. The molecule has 1 aliphatic rings. The van der Waals surface area contributed by atoms with Crippen molar-refractivity contribution in [3.63, 3.8) is 0 Å². The van der Waals surface area contributed by atoms with Gasteiger partial charge >= 0.3 is 5.97 Å². The molecule has 33 heteroatoms. The van der Waals surface area contributed by atoms with Crippen LogP contribution in [0.3, 0.4) is 0 Å². The van der Waals surface area contributed by atoms with Gasteiger partial charge in [0.1, 0.15) is 60.4 Å². The van der Waals surface area contributed by atoms with Gasteiger partial charge in [-0.15, -0.1) is 0 Å². The fourth-order valence-corrected chi connectivity index (χ4v) is 8.71. The Hall–Kier alpha value is -8.10. The van der Waals surface area contributed by atoms with Gasteiger partial charge in [-0.1, -0.05) is 27.7 Å². The molecule has 0 radical (unpaired) electrons. The number of hydrogen-bond donors (Lipinski definition) is 17. The average molecular weight is 1210 g/mol. The van der Waals surface area contributed by atoms with Gasteiger partial charge in [0, 0.05) is 44.2 Å². The van der Waals surface area contributed by atoms with Gasteiger partial charge in [0.2, 0.25) is 70.9 Å². The van der Waals surface area contributed by atoms with E-state index in [1.165, 1.54) is 38.1 Å². The predicted molar refractivity (Wildman–Crippen MR) is 305 cm³/mol. The summed E-state index contributed by atoms with van der Waals surface area (Å²) in [7, 11) is 0. The van der Waals surface area contributed by atoms with Crippen LogP contribution in [0.1, 0.15) is 112 Å². The number of thioether (sulfide) groups is 1. The summed E-state index contributed by atoms with van der Waals surface area (Å²) in [6.45, 7) is 10.3. The molecule has 0 aliphatic carbocycles. The molecule has 1 saturated heterocycles. The number of carboxylic acid groups (broad SMARTS) is 1. The topological polar surface area (TPSA) is 514 Å². The zero-order valence-corrected chi connectivity index (χ0v) is 49.4. The van der Waals surface area contributed by atoms with E-state index in [1.807, 2.05) is 0 Å². The Kier molecular flexibility index (Phi) is 31.3. The second-order valence-corrected chi connectivity index (χ2v) is 22.1. The molecule has 84 heavy (non-hydrogen) atoms. The number of aliphatic carboxylic acids is 1. The van der Waals surface area contributed by atoms with E-state index in [0.29, 0.717) is 5.69 Å². The third kappa shape index (κ3) is 26.9. The van der Waals surface area contributed by atoms with Crippen molar-refractivity contribution in [3.8, 4) is 0 Å². The molecule has 470 valence electrons. The van der Waals surface area contributed by atoms with Gasteiger partial charge in [-0.25, -0.2) is 4.98 Å². The third-order valence-electron chi connectivity index (χ3n) is 12.7. The maximum atomic E-state index is 14.2. The minimum atomic E-state index is -1.82. The van der Waals surface area contributed by atoms with E-state index >= 15 is 0 Å². The predicted octanol–water partition coefficient (Wildman–Crippen LogP) is -5.62. The molecular formula is C51H85N17O15S. The van der Waals surface area contributed by atoms with Crippen molar-refractivity contribution in [2.75, 3.05) is 25.1 Å². The van der Waals surface area contributed by atoms with Crippen molar-refractivity contribution in [1.29, 1.82) is 0 Å². The van der Waals surface area contributed by atoms with E-state index in [1.54, 1.807) is 34.0 Å². The number of aromatic nitrogens is 2. The van der Waals surface area contributed by atoms with Crippen LogP contribution in [0.15, 0.2) is 17.5 Å². The second-order valence-electron chi connectivity index (χ2n) is 21.1. The Balaban J connectivity index is 2.75. The molecule has 1 aliphatic heterocycles. The Morgan fingerprint density at radius 3 is 1.64 bits per heavy atom. The van der Waals surface area contributed by atoms with Gasteiger partial charge in [-0.3, -0.25) is 67.3 Å². The van der Waals surface area contributed by atoms with Gasteiger partial charge in [0.25, 0.3) is 0 Å². The normalized spacial score (nSPS) is 25.3.